The van der Waals surface area contributed by atoms with Gasteiger partial charge in [-0.15, -0.1) is 0 Å². The highest BCUT2D eigenvalue weighted by molar-refractivity contribution is 5.68. The van der Waals surface area contributed by atoms with E-state index < -0.39 is 18.3 Å². The molecule has 0 aliphatic heterocycles. The fraction of sp³-hybridized carbons (Fsp3) is 0.714. The first-order valence-corrected chi connectivity index (χ1v) is 10.3. The standard InChI is InChI=1S/C21H31F3N4O2/c1-13-16(6-7-17(25-13)28(5)12-21(22,23)24)26-14-8-20(9-14)10-15(11-20)27-18(29)30-19(2,3)4/h6-7,14-15,26H,8-12H2,1-5H3,(H,27,29). The maximum atomic E-state index is 12.6. The normalized spacial score (nSPS) is 25.9. The number of carbonyl (C=O) groups excluding carboxylic acids is 1. The predicted molar refractivity (Wildman–Crippen MR) is 110 cm³/mol. The number of nitrogens with one attached hydrogen (secondary N) is 2. The summed E-state index contributed by atoms with van der Waals surface area (Å²) < 4.78 is 43.0. The molecular weight excluding hydrogens is 397 g/mol. The van der Waals surface area contributed by atoms with Crippen molar-refractivity contribution in [1.29, 1.82) is 0 Å². The lowest BCUT2D eigenvalue weighted by molar-refractivity contribution is -0.119. The smallest absolute Gasteiger partial charge is 0.407 e. The van der Waals surface area contributed by atoms with Crippen LogP contribution >= 0.6 is 0 Å². The molecule has 0 bridgehead atoms. The molecule has 30 heavy (non-hydrogen) atoms. The Balaban J connectivity index is 1.44. The minimum atomic E-state index is -4.26. The molecule has 0 aromatic carbocycles. The van der Waals surface area contributed by atoms with Gasteiger partial charge in [0.1, 0.15) is 18.0 Å². The van der Waals surface area contributed by atoms with E-state index in [2.05, 4.69) is 15.6 Å². The van der Waals surface area contributed by atoms with Gasteiger partial charge in [-0.3, -0.25) is 0 Å². The average Bonchev–Trinajstić information content (AvgIpc) is 2.48. The van der Waals surface area contributed by atoms with E-state index >= 15 is 0 Å². The number of nitrogens with zero attached hydrogens (tertiary/aromatic N) is 2. The summed E-state index contributed by atoms with van der Waals surface area (Å²) in [6.07, 6.45) is -0.719. The van der Waals surface area contributed by atoms with E-state index in [1.54, 1.807) is 19.1 Å². The summed E-state index contributed by atoms with van der Waals surface area (Å²) in [7, 11) is 1.39. The van der Waals surface area contributed by atoms with E-state index in [4.69, 9.17) is 4.74 Å². The third-order valence-electron chi connectivity index (χ3n) is 5.68. The Kier molecular flexibility index (Phi) is 5.86. The van der Waals surface area contributed by atoms with Crippen molar-refractivity contribution in [2.45, 2.75) is 77.2 Å². The molecule has 2 aliphatic carbocycles. The summed E-state index contributed by atoms with van der Waals surface area (Å²) in [4.78, 5) is 17.3. The van der Waals surface area contributed by atoms with Crippen LogP contribution in [0.1, 0.15) is 52.1 Å². The highest BCUT2D eigenvalue weighted by atomic mass is 19.4. The third kappa shape index (κ3) is 5.70. The van der Waals surface area contributed by atoms with Crippen molar-refractivity contribution in [1.82, 2.24) is 10.3 Å². The molecule has 1 amide bonds. The van der Waals surface area contributed by atoms with Crippen LogP contribution in [0.4, 0.5) is 29.5 Å². The van der Waals surface area contributed by atoms with Crippen LogP contribution in [0.25, 0.3) is 0 Å². The number of ether oxygens (including phenoxy) is 1. The summed E-state index contributed by atoms with van der Waals surface area (Å²) in [5.74, 6) is 0.301. The van der Waals surface area contributed by atoms with E-state index in [0.717, 1.165) is 36.3 Å². The van der Waals surface area contributed by atoms with Gasteiger partial charge in [0.2, 0.25) is 0 Å². The highest BCUT2D eigenvalue weighted by Gasteiger charge is 2.53. The molecule has 2 saturated carbocycles. The third-order valence-corrected chi connectivity index (χ3v) is 5.68. The lowest BCUT2D eigenvalue weighted by Gasteiger charge is -2.58. The van der Waals surface area contributed by atoms with Crippen LogP contribution in [0, 0.1) is 12.3 Å². The molecule has 0 atom stereocenters. The molecule has 1 aromatic heterocycles. The fourth-order valence-electron chi connectivity index (χ4n) is 4.47. The molecule has 3 rings (SSSR count). The summed E-state index contributed by atoms with van der Waals surface area (Å²) in [5, 5.41) is 6.38. The Hall–Kier alpha value is -2.19. The lowest BCUT2D eigenvalue weighted by Crippen LogP contribution is -2.59. The van der Waals surface area contributed by atoms with Gasteiger partial charge in [0.05, 0.1) is 11.4 Å². The number of pyridine rings is 1. The first-order valence-electron chi connectivity index (χ1n) is 10.3. The number of hydrogen-bond acceptors (Lipinski definition) is 5. The molecule has 2 N–H and O–H groups in total. The molecule has 0 unspecified atom stereocenters. The summed E-state index contributed by atoms with van der Waals surface area (Å²) >= 11 is 0. The van der Waals surface area contributed by atoms with E-state index in [-0.39, 0.29) is 17.6 Å². The van der Waals surface area contributed by atoms with Crippen molar-refractivity contribution >= 4 is 17.6 Å². The first kappa shape index (κ1) is 22.5. The number of aromatic nitrogens is 1. The molecule has 6 nitrogen and oxygen atoms in total. The zero-order valence-electron chi connectivity index (χ0n) is 18.2. The van der Waals surface area contributed by atoms with Gasteiger partial charge < -0.3 is 20.3 Å². The number of anilines is 2. The van der Waals surface area contributed by atoms with Gasteiger partial charge in [0.15, 0.2) is 0 Å². The minimum absolute atomic E-state index is 0.160. The van der Waals surface area contributed by atoms with Gasteiger partial charge in [-0.05, 0) is 70.9 Å². The SMILES string of the molecule is Cc1nc(N(C)CC(F)(F)F)ccc1NC1CC2(CC(NC(=O)OC(C)(C)C)C2)C1. The number of hydrogen-bond donors (Lipinski definition) is 2. The van der Waals surface area contributed by atoms with Crippen LogP contribution in [0.5, 0.6) is 0 Å². The van der Waals surface area contributed by atoms with Gasteiger partial charge in [-0.1, -0.05) is 0 Å². The van der Waals surface area contributed by atoms with E-state index in [0.29, 0.717) is 17.6 Å². The number of carbonyl (C=O) groups is 1. The number of alkyl carbamates (subject to hydrolysis) is 1. The van der Waals surface area contributed by atoms with E-state index in [1.807, 2.05) is 20.8 Å². The first-order chi connectivity index (χ1) is 13.7. The quantitative estimate of drug-likeness (QED) is 0.716. The Morgan fingerprint density at radius 3 is 2.33 bits per heavy atom. The highest BCUT2D eigenvalue weighted by Crippen LogP contribution is 2.56. The Bertz CT molecular complexity index is 777. The topological polar surface area (TPSA) is 66.5 Å². The fourth-order valence-corrected chi connectivity index (χ4v) is 4.47. The van der Waals surface area contributed by atoms with Crippen LogP contribution in [-0.2, 0) is 4.74 Å². The van der Waals surface area contributed by atoms with Crippen LogP contribution in [0.15, 0.2) is 12.1 Å². The van der Waals surface area contributed by atoms with Crippen molar-refractivity contribution in [2.24, 2.45) is 5.41 Å². The monoisotopic (exact) mass is 428 g/mol. The molecule has 0 saturated heterocycles. The second-order valence-electron chi connectivity index (χ2n) is 9.77. The molecule has 1 aromatic rings. The minimum Gasteiger partial charge on any atom is -0.444 e. The van der Waals surface area contributed by atoms with Crippen molar-refractivity contribution in [3.05, 3.63) is 17.8 Å². The zero-order valence-corrected chi connectivity index (χ0v) is 18.2. The number of rotatable bonds is 5. The maximum Gasteiger partial charge on any atom is 0.407 e. The Morgan fingerprint density at radius 1 is 1.20 bits per heavy atom. The Labute approximate surface area is 175 Å². The maximum absolute atomic E-state index is 12.6. The van der Waals surface area contributed by atoms with Crippen molar-refractivity contribution in [3.8, 4) is 0 Å². The summed E-state index contributed by atoms with van der Waals surface area (Å²) in [6.45, 7) is 6.29. The largest absolute Gasteiger partial charge is 0.444 e. The molecule has 168 valence electrons. The Morgan fingerprint density at radius 2 is 1.80 bits per heavy atom. The van der Waals surface area contributed by atoms with Crippen LogP contribution < -0.4 is 15.5 Å². The molecule has 0 radical (unpaired) electrons. The van der Waals surface area contributed by atoms with Gasteiger partial charge in [-0.25, -0.2) is 9.78 Å². The molecule has 2 fully saturated rings. The number of halogens is 3. The lowest BCUT2D eigenvalue weighted by atomic mass is 9.52. The number of aryl methyl sites for hydroxylation is 1. The van der Waals surface area contributed by atoms with E-state index in [9.17, 15) is 18.0 Å². The number of alkyl halides is 3. The van der Waals surface area contributed by atoms with Crippen LogP contribution in [0.2, 0.25) is 0 Å². The van der Waals surface area contributed by atoms with Crippen LogP contribution in [0.3, 0.4) is 0 Å². The van der Waals surface area contributed by atoms with Gasteiger partial charge in [-0.2, -0.15) is 13.2 Å². The molecule has 2 aliphatic rings. The van der Waals surface area contributed by atoms with Gasteiger partial charge >= 0.3 is 12.3 Å². The zero-order chi connectivity index (χ0) is 22.3. The average molecular weight is 428 g/mol. The van der Waals surface area contributed by atoms with Gasteiger partial charge in [0, 0.05) is 19.1 Å². The predicted octanol–water partition coefficient (Wildman–Crippen LogP) is 4.64. The van der Waals surface area contributed by atoms with Crippen LogP contribution in [-0.4, -0.2) is 48.5 Å². The summed E-state index contributed by atoms with van der Waals surface area (Å²) in [5.41, 5.74) is 1.30. The number of amides is 1. The van der Waals surface area contributed by atoms with E-state index in [1.165, 1.54) is 7.05 Å². The molecular formula is C21H31F3N4O2. The molecule has 1 heterocycles. The second kappa shape index (κ2) is 7.81. The van der Waals surface area contributed by atoms with Crippen molar-refractivity contribution in [3.63, 3.8) is 0 Å². The molecule has 9 heteroatoms. The molecule has 1 spiro atoms. The van der Waals surface area contributed by atoms with Crippen molar-refractivity contribution in [2.75, 3.05) is 23.8 Å². The second-order valence-corrected chi connectivity index (χ2v) is 9.77. The van der Waals surface area contributed by atoms with Gasteiger partial charge in [0.25, 0.3) is 0 Å². The summed E-state index contributed by atoms with van der Waals surface area (Å²) in [6, 6.07) is 3.88. The van der Waals surface area contributed by atoms with Crippen molar-refractivity contribution < 1.29 is 22.7 Å².